The molecule has 7 heteroatoms. The van der Waals surface area contributed by atoms with Crippen molar-refractivity contribution in [3.8, 4) is 5.75 Å². The maximum Gasteiger partial charge on any atom is 0.258 e. The van der Waals surface area contributed by atoms with Gasteiger partial charge in [0.05, 0.1) is 12.1 Å². The van der Waals surface area contributed by atoms with E-state index in [4.69, 9.17) is 9.47 Å². The van der Waals surface area contributed by atoms with Crippen molar-refractivity contribution in [2.45, 2.75) is 18.4 Å². The second-order valence-corrected chi connectivity index (χ2v) is 5.88. The highest BCUT2D eigenvalue weighted by Gasteiger charge is 2.33. The standard InChI is InChI=1S/C14H17BrFNO4/c15-10-1-2-12(11(16)7-10)21-8-13(19)17-14(9-18)3-5-20-6-4-14/h1-2,7,18H,3-6,8-9H2,(H,17,19). The van der Waals surface area contributed by atoms with E-state index in [1.54, 1.807) is 6.07 Å². The van der Waals surface area contributed by atoms with Gasteiger partial charge < -0.3 is 19.9 Å². The Morgan fingerprint density at radius 2 is 2.19 bits per heavy atom. The summed E-state index contributed by atoms with van der Waals surface area (Å²) < 4.78 is 24.5. The smallest absolute Gasteiger partial charge is 0.258 e. The highest BCUT2D eigenvalue weighted by atomic mass is 79.9. The average molecular weight is 362 g/mol. The lowest BCUT2D eigenvalue weighted by molar-refractivity contribution is -0.127. The zero-order valence-corrected chi connectivity index (χ0v) is 13.0. The van der Waals surface area contributed by atoms with Gasteiger partial charge in [0.1, 0.15) is 0 Å². The van der Waals surface area contributed by atoms with E-state index in [2.05, 4.69) is 21.2 Å². The zero-order valence-electron chi connectivity index (χ0n) is 11.4. The summed E-state index contributed by atoms with van der Waals surface area (Å²) >= 11 is 3.14. The number of halogens is 2. The van der Waals surface area contributed by atoms with Crippen molar-refractivity contribution in [3.05, 3.63) is 28.5 Å². The molecule has 0 radical (unpaired) electrons. The second kappa shape index (κ2) is 7.20. The quantitative estimate of drug-likeness (QED) is 0.836. The molecule has 1 fully saturated rings. The van der Waals surface area contributed by atoms with Gasteiger partial charge in [0.2, 0.25) is 0 Å². The summed E-state index contributed by atoms with van der Waals surface area (Å²) in [6, 6.07) is 4.34. The van der Waals surface area contributed by atoms with Crippen LogP contribution in [0.15, 0.2) is 22.7 Å². The van der Waals surface area contributed by atoms with Crippen LogP contribution in [-0.2, 0) is 9.53 Å². The highest BCUT2D eigenvalue weighted by molar-refractivity contribution is 9.10. The highest BCUT2D eigenvalue weighted by Crippen LogP contribution is 2.22. The van der Waals surface area contributed by atoms with Crippen LogP contribution < -0.4 is 10.1 Å². The van der Waals surface area contributed by atoms with E-state index in [9.17, 15) is 14.3 Å². The molecule has 1 heterocycles. The Morgan fingerprint density at radius 1 is 1.48 bits per heavy atom. The Kier molecular flexibility index (Phi) is 5.55. The molecule has 0 atom stereocenters. The second-order valence-electron chi connectivity index (χ2n) is 4.96. The number of ether oxygens (including phenoxy) is 2. The molecule has 1 aliphatic heterocycles. The van der Waals surface area contributed by atoms with E-state index in [-0.39, 0.29) is 19.0 Å². The molecule has 21 heavy (non-hydrogen) atoms. The van der Waals surface area contributed by atoms with E-state index in [1.807, 2.05) is 0 Å². The average Bonchev–Trinajstić information content (AvgIpc) is 2.47. The third kappa shape index (κ3) is 4.39. The molecular formula is C14H17BrFNO4. The number of aliphatic hydroxyl groups is 1. The molecule has 1 aliphatic rings. The number of carbonyl (C=O) groups is 1. The van der Waals surface area contributed by atoms with Crippen LogP contribution in [0.3, 0.4) is 0 Å². The SMILES string of the molecule is O=C(COc1ccc(Br)cc1F)NC1(CO)CCOCC1. The minimum absolute atomic E-state index is 0.0124. The van der Waals surface area contributed by atoms with Gasteiger partial charge in [-0.25, -0.2) is 4.39 Å². The first-order valence-corrected chi connectivity index (χ1v) is 7.41. The fraction of sp³-hybridized carbons (Fsp3) is 0.500. The topological polar surface area (TPSA) is 67.8 Å². The summed E-state index contributed by atoms with van der Waals surface area (Å²) in [7, 11) is 0. The fourth-order valence-electron chi connectivity index (χ4n) is 2.15. The van der Waals surface area contributed by atoms with Crippen molar-refractivity contribution in [2.24, 2.45) is 0 Å². The first kappa shape index (κ1) is 16.2. The van der Waals surface area contributed by atoms with Gasteiger partial charge in [-0.1, -0.05) is 15.9 Å². The van der Waals surface area contributed by atoms with Crippen LogP contribution >= 0.6 is 15.9 Å². The summed E-state index contributed by atoms with van der Waals surface area (Å²) in [5.41, 5.74) is -0.670. The van der Waals surface area contributed by atoms with Gasteiger partial charge in [-0.3, -0.25) is 4.79 Å². The molecule has 0 saturated carbocycles. The molecule has 0 aliphatic carbocycles. The molecule has 1 amide bonds. The third-order valence-corrected chi connectivity index (χ3v) is 3.90. The molecule has 0 bridgehead atoms. The predicted octanol–water partition coefficient (Wildman–Crippen LogP) is 1.62. The maximum absolute atomic E-state index is 13.6. The van der Waals surface area contributed by atoms with Crippen LogP contribution in [0.25, 0.3) is 0 Å². The first-order chi connectivity index (χ1) is 10.0. The lowest BCUT2D eigenvalue weighted by atomic mass is 9.91. The van der Waals surface area contributed by atoms with Crippen molar-refractivity contribution >= 4 is 21.8 Å². The number of benzene rings is 1. The van der Waals surface area contributed by atoms with Crippen LogP contribution in [0.2, 0.25) is 0 Å². The molecule has 2 N–H and O–H groups in total. The predicted molar refractivity (Wildman–Crippen MR) is 77.6 cm³/mol. The van der Waals surface area contributed by atoms with Crippen molar-refractivity contribution in [1.82, 2.24) is 5.32 Å². The summed E-state index contributed by atoms with van der Waals surface area (Å²) in [5, 5.41) is 12.2. The summed E-state index contributed by atoms with van der Waals surface area (Å²) in [6.45, 7) is 0.516. The summed E-state index contributed by atoms with van der Waals surface area (Å²) in [4.78, 5) is 11.9. The lowest BCUT2D eigenvalue weighted by Gasteiger charge is -2.36. The first-order valence-electron chi connectivity index (χ1n) is 6.62. The minimum atomic E-state index is -0.670. The number of hydrogen-bond donors (Lipinski definition) is 2. The Labute approximate surface area is 130 Å². The van der Waals surface area contributed by atoms with Gasteiger partial charge in [0.15, 0.2) is 18.2 Å². The van der Waals surface area contributed by atoms with Crippen molar-refractivity contribution in [2.75, 3.05) is 26.4 Å². The maximum atomic E-state index is 13.6. The van der Waals surface area contributed by atoms with Crippen molar-refractivity contribution in [3.63, 3.8) is 0 Å². The van der Waals surface area contributed by atoms with E-state index in [0.29, 0.717) is 30.5 Å². The number of hydrogen-bond acceptors (Lipinski definition) is 4. The fourth-order valence-corrected chi connectivity index (χ4v) is 2.49. The molecule has 5 nitrogen and oxygen atoms in total. The van der Waals surface area contributed by atoms with Gasteiger partial charge >= 0.3 is 0 Å². The van der Waals surface area contributed by atoms with Gasteiger partial charge in [0, 0.05) is 17.7 Å². The summed E-state index contributed by atoms with van der Waals surface area (Å²) in [5.74, 6) is -0.924. The molecule has 2 rings (SSSR count). The lowest BCUT2D eigenvalue weighted by Crippen LogP contribution is -2.55. The van der Waals surface area contributed by atoms with E-state index in [0.717, 1.165) is 0 Å². The minimum Gasteiger partial charge on any atom is -0.481 e. The Bertz CT molecular complexity index is 506. The van der Waals surface area contributed by atoms with E-state index in [1.165, 1.54) is 12.1 Å². The number of rotatable bonds is 5. The van der Waals surface area contributed by atoms with Gasteiger partial charge in [-0.05, 0) is 31.0 Å². The van der Waals surface area contributed by atoms with E-state index < -0.39 is 17.3 Å². The van der Waals surface area contributed by atoms with E-state index >= 15 is 0 Å². The van der Waals surface area contributed by atoms with Crippen molar-refractivity contribution < 1.29 is 23.8 Å². The van der Waals surface area contributed by atoms with Crippen LogP contribution in [0, 0.1) is 5.82 Å². The Morgan fingerprint density at radius 3 is 2.81 bits per heavy atom. The molecule has 0 unspecified atom stereocenters. The molecule has 0 spiro atoms. The largest absolute Gasteiger partial charge is 0.481 e. The Balaban J connectivity index is 1.89. The van der Waals surface area contributed by atoms with Gasteiger partial charge in [-0.15, -0.1) is 0 Å². The normalized spacial score (nSPS) is 17.3. The molecule has 0 aromatic heterocycles. The Hall–Kier alpha value is -1.18. The van der Waals surface area contributed by atoms with Crippen LogP contribution in [0.4, 0.5) is 4.39 Å². The monoisotopic (exact) mass is 361 g/mol. The van der Waals surface area contributed by atoms with Gasteiger partial charge in [-0.2, -0.15) is 0 Å². The summed E-state index contributed by atoms with van der Waals surface area (Å²) in [6.07, 6.45) is 1.09. The number of amides is 1. The molecule has 1 aromatic carbocycles. The number of aliphatic hydroxyl groups excluding tert-OH is 1. The number of carbonyl (C=O) groups excluding carboxylic acids is 1. The van der Waals surface area contributed by atoms with Crippen LogP contribution in [0.1, 0.15) is 12.8 Å². The molecule has 1 aromatic rings. The van der Waals surface area contributed by atoms with Crippen molar-refractivity contribution in [1.29, 1.82) is 0 Å². The molecular weight excluding hydrogens is 345 g/mol. The van der Waals surface area contributed by atoms with Gasteiger partial charge in [0.25, 0.3) is 5.91 Å². The molecule has 116 valence electrons. The zero-order chi connectivity index (χ0) is 15.3. The number of nitrogens with one attached hydrogen (secondary N) is 1. The third-order valence-electron chi connectivity index (χ3n) is 3.41. The molecule has 1 saturated heterocycles. The van der Waals surface area contributed by atoms with Crippen LogP contribution in [0.5, 0.6) is 5.75 Å². The van der Waals surface area contributed by atoms with Crippen LogP contribution in [-0.4, -0.2) is 43.0 Å².